The lowest BCUT2D eigenvalue weighted by molar-refractivity contribution is -0.138. The molecule has 0 bridgehead atoms. The Morgan fingerprint density at radius 3 is 2.40 bits per heavy atom. The molecule has 2 saturated carbocycles. The van der Waals surface area contributed by atoms with Crippen molar-refractivity contribution in [3.63, 3.8) is 0 Å². The molecule has 2 aliphatic carbocycles. The molecule has 25 heavy (non-hydrogen) atoms. The molecular formula is C18H22F3NO3. The highest BCUT2D eigenvalue weighted by Gasteiger charge is 2.61. The predicted octanol–water partition coefficient (Wildman–Crippen LogP) is 3.82. The van der Waals surface area contributed by atoms with E-state index in [1.807, 2.05) is 0 Å². The van der Waals surface area contributed by atoms with Crippen molar-refractivity contribution in [1.82, 2.24) is 0 Å². The van der Waals surface area contributed by atoms with Gasteiger partial charge in [0.1, 0.15) is 5.60 Å². The summed E-state index contributed by atoms with van der Waals surface area (Å²) >= 11 is 0. The standard InChI is InChI=1S/C18H22F3NO3/c1-2-25-15(23)11-14(18(19,20)21)7-8-17(24,13-5-3-4-6-13)16(12-22)9-10-16/h7-8,11,13,24H,2-6,9-10H2,1H3/b8-7+,14-11+. The Hall–Kier alpha value is -1.81. The van der Waals surface area contributed by atoms with Gasteiger partial charge in [0.15, 0.2) is 0 Å². The second-order valence-corrected chi connectivity index (χ2v) is 6.68. The molecule has 2 fully saturated rings. The molecule has 0 aliphatic heterocycles. The molecule has 0 aromatic carbocycles. The Bertz CT molecular complexity index is 608. The summed E-state index contributed by atoms with van der Waals surface area (Å²) in [6.45, 7) is 1.46. The van der Waals surface area contributed by atoms with Gasteiger partial charge in [-0.1, -0.05) is 25.0 Å². The number of halogens is 3. The molecule has 0 saturated heterocycles. The second kappa shape index (κ2) is 7.20. The van der Waals surface area contributed by atoms with E-state index < -0.39 is 28.7 Å². The third-order valence-corrected chi connectivity index (χ3v) is 5.11. The Labute approximate surface area is 145 Å². The normalized spacial score (nSPS) is 23.3. The summed E-state index contributed by atoms with van der Waals surface area (Å²) in [6.07, 6.45) is 1.45. The first-order valence-electron chi connectivity index (χ1n) is 8.47. The van der Waals surface area contributed by atoms with Gasteiger partial charge in [-0.25, -0.2) is 4.79 Å². The van der Waals surface area contributed by atoms with Crippen LogP contribution in [0.15, 0.2) is 23.8 Å². The number of aliphatic hydroxyl groups is 1. The number of rotatable bonds is 6. The first-order valence-corrected chi connectivity index (χ1v) is 8.47. The maximum Gasteiger partial charge on any atom is 0.416 e. The zero-order valence-electron chi connectivity index (χ0n) is 14.1. The van der Waals surface area contributed by atoms with Gasteiger partial charge in [0.25, 0.3) is 0 Å². The molecule has 2 aliphatic rings. The summed E-state index contributed by atoms with van der Waals surface area (Å²) in [5, 5.41) is 20.6. The zero-order chi connectivity index (χ0) is 18.7. The molecule has 2 rings (SSSR count). The molecule has 0 aromatic rings. The van der Waals surface area contributed by atoms with E-state index in [1.165, 1.54) is 6.92 Å². The third kappa shape index (κ3) is 4.06. The lowest BCUT2D eigenvalue weighted by atomic mass is 9.73. The largest absolute Gasteiger partial charge is 0.463 e. The van der Waals surface area contributed by atoms with E-state index in [1.54, 1.807) is 0 Å². The molecule has 1 atom stereocenters. The zero-order valence-corrected chi connectivity index (χ0v) is 14.1. The van der Waals surface area contributed by atoms with Crippen LogP contribution in [0.2, 0.25) is 0 Å². The van der Waals surface area contributed by atoms with Crippen molar-refractivity contribution < 1.29 is 27.8 Å². The highest BCUT2D eigenvalue weighted by atomic mass is 19.4. The average Bonchev–Trinajstić information content (AvgIpc) is 3.15. The van der Waals surface area contributed by atoms with E-state index in [2.05, 4.69) is 10.8 Å². The van der Waals surface area contributed by atoms with E-state index in [0.29, 0.717) is 37.8 Å². The average molecular weight is 357 g/mol. The summed E-state index contributed by atoms with van der Waals surface area (Å²) in [7, 11) is 0. The summed E-state index contributed by atoms with van der Waals surface area (Å²) in [6, 6.07) is 2.10. The van der Waals surface area contributed by atoms with Crippen LogP contribution in [0.25, 0.3) is 0 Å². The molecule has 0 radical (unpaired) electrons. The van der Waals surface area contributed by atoms with Gasteiger partial charge in [0.05, 0.1) is 23.7 Å². The lowest BCUT2D eigenvalue weighted by Crippen LogP contribution is -2.43. The van der Waals surface area contributed by atoms with Gasteiger partial charge >= 0.3 is 12.1 Å². The Balaban J connectivity index is 2.35. The van der Waals surface area contributed by atoms with Crippen LogP contribution in [-0.2, 0) is 9.53 Å². The highest BCUT2D eigenvalue weighted by Crippen LogP contribution is 2.59. The summed E-state index contributed by atoms with van der Waals surface area (Å²) in [4.78, 5) is 11.4. The van der Waals surface area contributed by atoms with Crippen molar-refractivity contribution in [3.8, 4) is 6.07 Å². The first kappa shape index (κ1) is 19.5. The van der Waals surface area contributed by atoms with Crippen LogP contribution in [0.4, 0.5) is 13.2 Å². The Morgan fingerprint density at radius 2 is 1.96 bits per heavy atom. The molecule has 4 nitrogen and oxygen atoms in total. The fraction of sp³-hybridized carbons (Fsp3) is 0.667. The number of hydrogen-bond donors (Lipinski definition) is 1. The molecule has 0 aromatic heterocycles. The van der Waals surface area contributed by atoms with E-state index in [-0.39, 0.29) is 12.5 Å². The van der Waals surface area contributed by atoms with Crippen LogP contribution in [0.1, 0.15) is 45.4 Å². The van der Waals surface area contributed by atoms with Crippen LogP contribution in [-0.4, -0.2) is 29.5 Å². The molecular weight excluding hydrogens is 335 g/mol. The smallest absolute Gasteiger partial charge is 0.416 e. The molecule has 1 N–H and O–H groups in total. The Kier molecular flexibility index (Phi) is 5.62. The van der Waals surface area contributed by atoms with Crippen LogP contribution in [0.3, 0.4) is 0 Å². The molecule has 0 heterocycles. The predicted molar refractivity (Wildman–Crippen MR) is 84.1 cm³/mol. The van der Waals surface area contributed by atoms with Crippen LogP contribution >= 0.6 is 0 Å². The van der Waals surface area contributed by atoms with Gasteiger partial charge in [-0.3, -0.25) is 0 Å². The van der Waals surface area contributed by atoms with Crippen molar-refractivity contribution in [2.24, 2.45) is 11.3 Å². The second-order valence-electron chi connectivity index (χ2n) is 6.68. The van der Waals surface area contributed by atoms with Crippen LogP contribution in [0, 0.1) is 22.7 Å². The fourth-order valence-electron chi connectivity index (χ4n) is 3.53. The van der Waals surface area contributed by atoms with Gasteiger partial charge in [0.2, 0.25) is 0 Å². The van der Waals surface area contributed by atoms with Crippen molar-refractivity contribution in [2.45, 2.75) is 57.2 Å². The number of allylic oxidation sites excluding steroid dienone is 2. The van der Waals surface area contributed by atoms with Gasteiger partial charge in [0, 0.05) is 6.08 Å². The SMILES string of the molecule is CCOC(=O)/C=C(\C=C\C(O)(C1CCCC1)C1(C#N)CC1)C(F)(F)F. The van der Waals surface area contributed by atoms with Crippen LogP contribution < -0.4 is 0 Å². The number of carbonyl (C=O) groups excluding carboxylic acids is 1. The highest BCUT2D eigenvalue weighted by molar-refractivity contribution is 5.83. The van der Waals surface area contributed by atoms with E-state index in [4.69, 9.17) is 0 Å². The summed E-state index contributed by atoms with van der Waals surface area (Å²) in [5.41, 5.74) is -3.84. The van der Waals surface area contributed by atoms with Crippen molar-refractivity contribution in [1.29, 1.82) is 5.26 Å². The maximum atomic E-state index is 13.2. The number of nitrogens with zero attached hydrogens (tertiary/aromatic N) is 1. The van der Waals surface area contributed by atoms with Crippen molar-refractivity contribution >= 4 is 5.97 Å². The Morgan fingerprint density at radius 1 is 1.36 bits per heavy atom. The lowest BCUT2D eigenvalue weighted by Gasteiger charge is -2.35. The van der Waals surface area contributed by atoms with E-state index in [9.17, 15) is 28.3 Å². The monoisotopic (exact) mass is 357 g/mol. The first-order chi connectivity index (χ1) is 11.7. The molecule has 0 amide bonds. The van der Waals surface area contributed by atoms with Gasteiger partial charge in [-0.15, -0.1) is 0 Å². The van der Waals surface area contributed by atoms with Gasteiger partial charge in [-0.05, 0) is 38.5 Å². The van der Waals surface area contributed by atoms with E-state index >= 15 is 0 Å². The quantitative estimate of drug-likeness (QED) is 0.446. The minimum Gasteiger partial charge on any atom is -0.463 e. The van der Waals surface area contributed by atoms with Gasteiger partial charge in [-0.2, -0.15) is 18.4 Å². The topological polar surface area (TPSA) is 70.3 Å². The minimum absolute atomic E-state index is 0.0340. The molecule has 1 unspecified atom stereocenters. The fourth-order valence-corrected chi connectivity index (χ4v) is 3.53. The third-order valence-electron chi connectivity index (χ3n) is 5.11. The number of alkyl halides is 3. The van der Waals surface area contributed by atoms with Crippen molar-refractivity contribution in [2.75, 3.05) is 6.61 Å². The maximum absolute atomic E-state index is 13.2. The molecule has 138 valence electrons. The van der Waals surface area contributed by atoms with E-state index in [0.717, 1.165) is 18.9 Å². The number of nitriles is 1. The summed E-state index contributed by atoms with van der Waals surface area (Å²) in [5.74, 6) is -1.34. The molecule has 7 heteroatoms. The summed E-state index contributed by atoms with van der Waals surface area (Å²) < 4.78 is 44.1. The number of carbonyl (C=O) groups is 1. The van der Waals surface area contributed by atoms with Crippen molar-refractivity contribution in [3.05, 3.63) is 23.8 Å². The minimum atomic E-state index is -4.76. The molecule has 0 spiro atoms. The number of hydrogen-bond acceptors (Lipinski definition) is 4. The van der Waals surface area contributed by atoms with Crippen LogP contribution in [0.5, 0.6) is 0 Å². The number of ether oxygens (including phenoxy) is 1. The van der Waals surface area contributed by atoms with Gasteiger partial charge < -0.3 is 9.84 Å². The number of esters is 1.